The number of benzene rings is 2. The van der Waals surface area contributed by atoms with Gasteiger partial charge in [-0.05, 0) is 49.2 Å². The van der Waals surface area contributed by atoms with Gasteiger partial charge >= 0.3 is 6.61 Å². The molecule has 3 rings (SSSR count). The van der Waals surface area contributed by atoms with Crippen molar-refractivity contribution in [2.75, 3.05) is 18.5 Å². The molecule has 1 amide bonds. The van der Waals surface area contributed by atoms with Crippen LogP contribution >= 0.6 is 0 Å². The molecule has 26 heavy (non-hydrogen) atoms. The number of anilines is 1. The number of rotatable bonds is 7. The zero-order valence-corrected chi connectivity index (χ0v) is 14.0. The van der Waals surface area contributed by atoms with E-state index in [1.54, 1.807) is 24.3 Å². The normalized spacial score (nSPS) is 16.5. The van der Waals surface area contributed by atoms with Gasteiger partial charge in [-0.3, -0.25) is 4.79 Å². The van der Waals surface area contributed by atoms with Crippen LogP contribution in [0.1, 0.15) is 23.2 Å². The fraction of sp³-hybridized carbons (Fsp3) is 0.316. The van der Waals surface area contributed by atoms with E-state index in [1.165, 1.54) is 24.3 Å². The number of alkyl halides is 2. The Morgan fingerprint density at radius 3 is 2.65 bits per heavy atom. The average Bonchev–Trinajstić information content (AvgIpc) is 3.15. The molecule has 1 saturated heterocycles. The van der Waals surface area contributed by atoms with Gasteiger partial charge < -0.3 is 19.5 Å². The first-order valence-electron chi connectivity index (χ1n) is 8.31. The number of carbonyl (C=O) groups is 1. The van der Waals surface area contributed by atoms with E-state index in [-0.39, 0.29) is 17.8 Å². The van der Waals surface area contributed by atoms with Crippen molar-refractivity contribution in [1.82, 2.24) is 0 Å². The Bertz CT molecular complexity index is 731. The Balaban J connectivity index is 1.63. The van der Waals surface area contributed by atoms with Gasteiger partial charge in [-0.25, -0.2) is 0 Å². The fourth-order valence-corrected chi connectivity index (χ4v) is 2.66. The van der Waals surface area contributed by atoms with Gasteiger partial charge in [-0.15, -0.1) is 0 Å². The minimum absolute atomic E-state index is 0.0262. The Hall–Kier alpha value is -2.67. The van der Waals surface area contributed by atoms with Gasteiger partial charge in [0.1, 0.15) is 18.1 Å². The van der Waals surface area contributed by atoms with Crippen molar-refractivity contribution in [3.63, 3.8) is 0 Å². The highest BCUT2D eigenvalue weighted by Gasteiger charge is 2.18. The first-order chi connectivity index (χ1) is 12.6. The summed E-state index contributed by atoms with van der Waals surface area (Å²) in [6.07, 6.45) is 2.01. The summed E-state index contributed by atoms with van der Waals surface area (Å²) in [6.45, 7) is -1.76. The molecule has 1 aliphatic rings. The molecule has 7 heteroatoms. The average molecular weight is 363 g/mol. The van der Waals surface area contributed by atoms with E-state index in [4.69, 9.17) is 9.47 Å². The van der Waals surface area contributed by atoms with Crippen LogP contribution in [0.4, 0.5) is 14.5 Å². The summed E-state index contributed by atoms with van der Waals surface area (Å²) >= 11 is 0. The van der Waals surface area contributed by atoms with Crippen LogP contribution in [0.3, 0.4) is 0 Å². The van der Waals surface area contributed by atoms with Crippen LogP contribution in [0.25, 0.3) is 0 Å². The second-order valence-electron chi connectivity index (χ2n) is 5.80. The highest BCUT2D eigenvalue weighted by Crippen LogP contribution is 2.23. The highest BCUT2D eigenvalue weighted by atomic mass is 19.3. The smallest absolute Gasteiger partial charge is 0.387 e. The van der Waals surface area contributed by atoms with Crippen molar-refractivity contribution in [3.05, 3.63) is 54.1 Å². The van der Waals surface area contributed by atoms with Gasteiger partial charge in [-0.1, -0.05) is 12.1 Å². The van der Waals surface area contributed by atoms with Gasteiger partial charge in [0.25, 0.3) is 5.91 Å². The number of hydrogen-bond acceptors (Lipinski definition) is 4. The molecular formula is C19H19F2NO4. The lowest BCUT2D eigenvalue weighted by molar-refractivity contribution is -0.0498. The van der Waals surface area contributed by atoms with Crippen LogP contribution in [0.15, 0.2) is 48.5 Å². The lowest BCUT2D eigenvalue weighted by Crippen LogP contribution is -2.19. The van der Waals surface area contributed by atoms with Crippen LogP contribution < -0.4 is 14.8 Å². The Kier molecular flexibility index (Phi) is 6.01. The van der Waals surface area contributed by atoms with E-state index in [0.717, 1.165) is 19.4 Å². The molecule has 1 aliphatic heterocycles. The zero-order chi connectivity index (χ0) is 18.4. The van der Waals surface area contributed by atoms with Gasteiger partial charge in [-0.2, -0.15) is 8.78 Å². The van der Waals surface area contributed by atoms with E-state index < -0.39 is 6.61 Å². The molecular weight excluding hydrogens is 344 g/mol. The maximum Gasteiger partial charge on any atom is 0.387 e. The number of hydrogen-bond donors (Lipinski definition) is 1. The predicted octanol–water partition coefficient (Wildman–Crippen LogP) is 4.10. The first-order valence-corrected chi connectivity index (χ1v) is 8.31. The summed E-state index contributed by atoms with van der Waals surface area (Å²) in [7, 11) is 0. The van der Waals surface area contributed by atoms with Crippen LogP contribution in [0, 0.1) is 0 Å². The third-order valence-corrected chi connectivity index (χ3v) is 3.92. The van der Waals surface area contributed by atoms with Gasteiger partial charge in [0.15, 0.2) is 0 Å². The molecule has 5 nitrogen and oxygen atoms in total. The topological polar surface area (TPSA) is 56.8 Å². The molecule has 1 fully saturated rings. The van der Waals surface area contributed by atoms with E-state index in [0.29, 0.717) is 23.6 Å². The van der Waals surface area contributed by atoms with Crippen molar-refractivity contribution in [2.24, 2.45) is 0 Å². The van der Waals surface area contributed by atoms with Crippen molar-refractivity contribution in [3.8, 4) is 11.5 Å². The van der Waals surface area contributed by atoms with Crippen LogP contribution in [0.5, 0.6) is 11.5 Å². The molecule has 2 aromatic rings. The summed E-state index contributed by atoms with van der Waals surface area (Å²) in [5, 5.41) is 2.71. The minimum atomic E-state index is -2.89. The monoisotopic (exact) mass is 363 g/mol. The fourth-order valence-electron chi connectivity index (χ4n) is 2.66. The third kappa shape index (κ3) is 4.92. The number of para-hydroxylation sites is 1. The van der Waals surface area contributed by atoms with Crippen LogP contribution in [-0.2, 0) is 4.74 Å². The summed E-state index contributed by atoms with van der Waals surface area (Å²) in [5.41, 5.74) is 0.851. The Morgan fingerprint density at radius 1 is 1.19 bits per heavy atom. The van der Waals surface area contributed by atoms with Crippen molar-refractivity contribution in [1.29, 1.82) is 0 Å². The van der Waals surface area contributed by atoms with Gasteiger partial charge in [0, 0.05) is 12.3 Å². The van der Waals surface area contributed by atoms with E-state index in [9.17, 15) is 13.6 Å². The second kappa shape index (κ2) is 8.62. The molecule has 0 radical (unpaired) electrons. The molecule has 1 atom stereocenters. The lowest BCUT2D eigenvalue weighted by atomic mass is 10.1. The Labute approximate surface area is 149 Å². The molecule has 1 heterocycles. The molecule has 1 unspecified atom stereocenters. The lowest BCUT2D eigenvalue weighted by Gasteiger charge is -2.14. The molecule has 0 aliphatic carbocycles. The zero-order valence-electron chi connectivity index (χ0n) is 14.0. The molecule has 0 spiro atoms. The number of nitrogens with one attached hydrogen (secondary N) is 1. The predicted molar refractivity (Wildman–Crippen MR) is 91.9 cm³/mol. The van der Waals surface area contributed by atoms with Crippen molar-refractivity contribution >= 4 is 11.6 Å². The van der Waals surface area contributed by atoms with Gasteiger partial charge in [0.05, 0.1) is 11.7 Å². The number of ether oxygens (including phenoxy) is 3. The number of carbonyl (C=O) groups excluding carboxylic acids is 1. The SMILES string of the molecule is O=C(Nc1ccc(OC(F)F)cc1)c1ccccc1OCC1CCCO1. The molecule has 138 valence electrons. The maximum absolute atomic E-state index is 12.5. The molecule has 0 bridgehead atoms. The van der Waals surface area contributed by atoms with Gasteiger partial charge in [0.2, 0.25) is 0 Å². The summed E-state index contributed by atoms with van der Waals surface area (Å²) < 4.78 is 39.9. The molecule has 1 N–H and O–H groups in total. The Morgan fingerprint density at radius 2 is 1.96 bits per heavy atom. The summed E-state index contributed by atoms with van der Waals surface area (Å²) in [6, 6.07) is 12.6. The summed E-state index contributed by atoms with van der Waals surface area (Å²) in [5.74, 6) is 0.145. The molecule has 2 aromatic carbocycles. The molecule has 0 aromatic heterocycles. The highest BCUT2D eigenvalue weighted by molar-refractivity contribution is 6.06. The van der Waals surface area contributed by atoms with E-state index >= 15 is 0 Å². The van der Waals surface area contributed by atoms with E-state index in [2.05, 4.69) is 10.1 Å². The van der Waals surface area contributed by atoms with Crippen molar-refractivity contribution < 1.29 is 27.8 Å². The maximum atomic E-state index is 12.5. The second-order valence-corrected chi connectivity index (χ2v) is 5.80. The summed E-state index contributed by atoms with van der Waals surface area (Å²) in [4.78, 5) is 12.5. The van der Waals surface area contributed by atoms with Crippen molar-refractivity contribution in [2.45, 2.75) is 25.6 Å². The first kappa shape index (κ1) is 18.1. The van der Waals surface area contributed by atoms with Crippen LogP contribution in [0.2, 0.25) is 0 Å². The number of amides is 1. The standard InChI is InChI=1S/C19H19F2NO4/c20-19(21)26-14-9-7-13(8-10-14)22-18(23)16-5-1-2-6-17(16)25-12-15-4-3-11-24-15/h1-2,5-10,15,19H,3-4,11-12H2,(H,22,23). The third-order valence-electron chi connectivity index (χ3n) is 3.92. The van der Waals surface area contributed by atoms with Crippen LogP contribution in [-0.4, -0.2) is 31.8 Å². The quantitative estimate of drug-likeness (QED) is 0.805. The largest absolute Gasteiger partial charge is 0.490 e. The molecule has 0 saturated carbocycles. The minimum Gasteiger partial charge on any atom is -0.490 e. The van der Waals surface area contributed by atoms with E-state index in [1.807, 2.05) is 0 Å². The number of halogens is 2.